The van der Waals surface area contributed by atoms with E-state index in [9.17, 15) is 14.3 Å². The number of carbonyl (C=O) groups is 1. The molecule has 32 heavy (non-hydrogen) atoms. The first-order chi connectivity index (χ1) is 15.3. The van der Waals surface area contributed by atoms with Crippen LogP contribution in [0.3, 0.4) is 0 Å². The van der Waals surface area contributed by atoms with Crippen molar-refractivity contribution in [2.45, 2.75) is 39.5 Å². The second-order valence-electron chi connectivity index (χ2n) is 8.32. The molecule has 166 valence electrons. The van der Waals surface area contributed by atoms with Crippen molar-refractivity contribution in [3.8, 4) is 16.3 Å². The average molecular weight is 453 g/mol. The van der Waals surface area contributed by atoms with Crippen molar-refractivity contribution in [1.29, 1.82) is 0 Å². The quantitative estimate of drug-likeness (QED) is 0.512. The van der Waals surface area contributed by atoms with Gasteiger partial charge in [0.2, 0.25) is 0 Å². The molecule has 0 saturated heterocycles. The second-order valence-corrected chi connectivity index (χ2v) is 9.33. The Labute approximate surface area is 190 Å². The number of aromatic nitrogens is 2. The van der Waals surface area contributed by atoms with Gasteiger partial charge in [0.25, 0.3) is 0 Å². The summed E-state index contributed by atoms with van der Waals surface area (Å²) in [6.45, 7) is 5.88. The Bertz CT molecular complexity index is 1220. The maximum absolute atomic E-state index is 13.6. The zero-order chi connectivity index (χ0) is 23.0. The summed E-state index contributed by atoms with van der Waals surface area (Å²) in [7, 11) is 1.57. The maximum Gasteiger partial charge on any atom is 0.167 e. The van der Waals surface area contributed by atoms with Gasteiger partial charge in [0.15, 0.2) is 5.78 Å². The van der Waals surface area contributed by atoms with Crippen LogP contribution in [0.4, 0.5) is 4.39 Å². The maximum atomic E-state index is 13.6. The van der Waals surface area contributed by atoms with Gasteiger partial charge in [-0.2, -0.15) is 0 Å². The molecule has 3 aromatic rings. The number of aryl methyl sites for hydroxylation is 2. The lowest BCUT2D eigenvalue weighted by molar-refractivity contribution is -0.115. The van der Waals surface area contributed by atoms with Crippen molar-refractivity contribution < 1.29 is 19.0 Å². The molecule has 2 aromatic carbocycles. The number of hydrogen-bond acceptors (Lipinski definition) is 6. The number of benzene rings is 2. The third kappa shape index (κ3) is 4.17. The highest BCUT2D eigenvalue weighted by Gasteiger charge is 2.35. The standard InChI is InChI=1S/C25H25FN2O3S/c1-13-8-14(2)22(21(9-13)31-4)23-19(29)11-17(12-20(23)30)15(3)24-27-28-25(32-24)16-6-5-7-18(26)10-16/h5-10,15,17,29H,11-12H2,1-4H3. The van der Waals surface area contributed by atoms with Crippen LogP contribution >= 0.6 is 11.3 Å². The summed E-state index contributed by atoms with van der Waals surface area (Å²) in [6.07, 6.45) is 0.666. The van der Waals surface area contributed by atoms with Gasteiger partial charge in [-0.25, -0.2) is 4.39 Å². The van der Waals surface area contributed by atoms with Gasteiger partial charge in [0, 0.05) is 29.9 Å². The van der Waals surface area contributed by atoms with Crippen molar-refractivity contribution in [3.05, 3.63) is 69.7 Å². The van der Waals surface area contributed by atoms with E-state index in [1.54, 1.807) is 19.2 Å². The Kier molecular flexibility index (Phi) is 6.11. The second kappa shape index (κ2) is 8.82. The van der Waals surface area contributed by atoms with E-state index in [-0.39, 0.29) is 29.2 Å². The van der Waals surface area contributed by atoms with Crippen LogP contribution in [0.25, 0.3) is 16.1 Å². The first-order valence-corrected chi connectivity index (χ1v) is 11.3. The molecule has 2 unspecified atom stereocenters. The number of halogens is 1. The summed E-state index contributed by atoms with van der Waals surface area (Å²) in [6, 6.07) is 10.1. The van der Waals surface area contributed by atoms with E-state index < -0.39 is 0 Å². The molecule has 2 atom stereocenters. The van der Waals surface area contributed by atoms with Gasteiger partial charge in [0.1, 0.15) is 27.3 Å². The van der Waals surface area contributed by atoms with Crippen molar-refractivity contribution in [3.63, 3.8) is 0 Å². The minimum absolute atomic E-state index is 0.0801. The fourth-order valence-electron chi connectivity index (χ4n) is 4.33. The van der Waals surface area contributed by atoms with Gasteiger partial charge in [-0.15, -0.1) is 10.2 Å². The molecule has 0 amide bonds. The smallest absolute Gasteiger partial charge is 0.167 e. The summed E-state index contributed by atoms with van der Waals surface area (Å²) in [4.78, 5) is 13.2. The number of rotatable bonds is 5. The Hall–Kier alpha value is -3.06. The molecule has 0 spiro atoms. The highest BCUT2D eigenvalue weighted by molar-refractivity contribution is 7.14. The van der Waals surface area contributed by atoms with E-state index in [0.717, 1.165) is 16.1 Å². The molecule has 1 aliphatic rings. The number of nitrogens with zero attached hydrogens (tertiary/aromatic N) is 2. The Morgan fingerprint density at radius 2 is 1.97 bits per heavy atom. The van der Waals surface area contributed by atoms with Gasteiger partial charge >= 0.3 is 0 Å². The number of aliphatic hydroxyl groups excluding tert-OH is 1. The number of aliphatic hydroxyl groups is 1. The molecule has 0 radical (unpaired) electrons. The molecule has 1 aromatic heterocycles. The molecule has 0 fully saturated rings. The van der Waals surface area contributed by atoms with E-state index in [0.29, 0.717) is 40.3 Å². The molecule has 5 nitrogen and oxygen atoms in total. The lowest BCUT2D eigenvalue weighted by Gasteiger charge is -2.28. The number of Topliss-reactive ketones (excluding diaryl/α,β-unsaturated/α-hetero) is 1. The Morgan fingerprint density at radius 3 is 2.66 bits per heavy atom. The van der Waals surface area contributed by atoms with Gasteiger partial charge in [-0.05, 0) is 49.1 Å². The van der Waals surface area contributed by atoms with Crippen LogP contribution < -0.4 is 4.74 Å². The lowest BCUT2D eigenvalue weighted by Crippen LogP contribution is -2.23. The van der Waals surface area contributed by atoms with Crippen molar-refractivity contribution in [1.82, 2.24) is 10.2 Å². The van der Waals surface area contributed by atoms with Crippen LogP contribution in [0, 0.1) is 25.6 Å². The number of allylic oxidation sites excluding steroid dienone is 2. The topological polar surface area (TPSA) is 72.3 Å². The van der Waals surface area contributed by atoms with Gasteiger partial charge in [0.05, 0.1) is 12.7 Å². The number of hydrogen-bond donors (Lipinski definition) is 1. The number of ketones is 1. The SMILES string of the molecule is COc1cc(C)cc(C)c1C1=C(O)CC(C(C)c2nnc(-c3cccc(F)c3)s2)CC1=O. The van der Waals surface area contributed by atoms with Crippen LogP contribution in [-0.4, -0.2) is 28.2 Å². The van der Waals surface area contributed by atoms with Gasteiger partial charge in [-0.3, -0.25) is 4.79 Å². The lowest BCUT2D eigenvalue weighted by atomic mass is 9.77. The molecular weight excluding hydrogens is 427 g/mol. The summed E-state index contributed by atoms with van der Waals surface area (Å²) >= 11 is 1.39. The van der Waals surface area contributed by atoms with E-state index in [1.807, 2.05) is 32.9 Å². The van der Waals surface area contributed by atoms with Crippen LogP contribution in [-0.2, 0) is 4.79 Å². The summed E-state index contributed by atoms with van der Waals surface area (Å²) in [5.41, 5.74) is 3.61. The zero-order valence-corrected chi connectivity index (χ0v) is 19.3. The van der Waals surface area contributed by atoms with Crippen molar-refractivity contribution in [2.75, 3.05) is 7.11 Å². The molecule has 1 heterocycles. The number of ether oxygens (including phenoxy) is 1. The predicted octanol–water partition coefficient (Wildman–Crippen LogP) is 6.02. The first kappa shape index (κ1) is 22.1. The third-order valence-corrected chi connectivity index (χ3v) is 7.17. The predicted molar refractivity (Wildman–Crippen MR) is 123 cm³/mol. The average Bonchev–Trinajstić information content (AvgIpc) is 3.24. The van der Waals surface area contributed by atoms with E-state index in [2.05, 4.69) is 10.2 Å². The third-order valence-electron chi connectivity index (χ3n) is 5.99. The van der Waals surface area contributed by atoms with Gasteiger partial charge in [-0.1, -0.05) is 36.5 Å². The zero-order valence-electron chi connectivity index (χ0n) is 18.5. The van der Waals surface area contributed by atoms with Crippen LogP contribution in [0.1, 0.15) is 47.4 Å². The molecule has 0 bridgehead atoms. The molecule has 1 N–H and O–H groups in total. The highest BCUT2D eigenvalue weighted by Crippen LogP contribution is 2.43. The number of carbonyl (C=O) groups excluding carboxylic acids is 1. The summed E-state index contributed by atoms with van der Waals surface area (Å²) < 4.78 is 19.1. The normalized spacial score (nSPS) is 17.5. The van der Waals surface area contributed by atoms with E-state index >= 15 is 0 Å². The van der Waals surface area contributed by atoms with Crippen LogP contribution in [0.15, 0.2) is 42.2 Å². The van der Waals surface area contributed by atoms with Crippen LogP contribution in [0.5, 0.6) is 5.75 Å². The van der Waals surface area contributed by atoms with Crippen LogP contribution in [0.2, 0.25) is 0 Å². The summed E-state index contributed by atoms with van der Waals surface area (Å²) in [5.74, 6) is 0.0612. The fraction of sp³-hybridized carbons (Fsp3) is 0.320. The monoisotopic (exact) mass is 452 g/mol. The Balaban J connectivity index is 1.62. The molecule has 1 aliphatic carbocycles. The first-order valence-electron chi connectivity index (χ1n) is 10.5. The number of methoxy groups -OCH3 is 1. The highest BCUT2D eigenvalue weighted by atomic mass is 32.1. The Morgan fingerprint density at radius 1 is 1.19 bits per heavy atom. The fourth-order valence-corrected chi connectivity index (χ4v) is 5.31. The van der Waals surface area contributed by atoms with E-state index in [4.69, 9.17) is 4.74 Å². The molecule has 4 rings (SSSR count). The minimum atomic E-state index is -0.324. The molecule has 0 aliphatic heterocycles. The van der Waals surface area contributed by atoms with Crippen molar-refractivity contribution >= 4 is 22.7 Å². The summed E-state index contributed by atoms with van der Waals surface area (Å²) in [5, 5.41) is 20.8. The molecule has 0 saturated carbocycles. The molecule has 7 heteroatoms. The minimum Gasteiger partial charge on any atom is -0.512 e. The molecular formula is C25H25FN2O3S. The largest absolute Gasteiger partial charge is 0.512 e. The van der Waals surface area contributed by atoms with Crippen molar-refractivity contribution in [2.24, 2.45) is 5.92 Å². The van der Waals surface area contributed by atoms with E-state index in [1.165, 1.54) is 23.5 Å². The van der Waals surface area contributed by atoms with Gasteiger partial charge < -0.3 is 9.84 Å².